The van der Waals surface area contributed by atoms with Crippen molar-refractivity contribution in [3.63, 3.8) is 0 Å². The summed E-state index contributed by atoms with van der Waals surface area (Å²) in [7, 11) is 3.57. The number of nitrogens with zero attached hydrogens (tertiary/aromatic N) is 3. The number of benzene rings is 1. The van der Waals surface area contributed by atoms with Crippen LogP contribution in [-0.4, -0.2) is 17.6 Å². The van der Waals surface area contributed by atoms with Crippen molar-refractivity contribution < 1.29 is 0 Å². The second-order valence-electron chi connectivity index (χ2n) is 4.92. The summed E-state index contributed by atoms with van der Waals surface area (Å²) in [5, 5.41) is 16.3. The molecule has 0 amide bonds. The summed E-state index contributed by atoms with van der Waals surface area (Å²) < 4.78 is 1.82. The predicted octanol–water partition coefficient (Wildman–Crippen LogP) is 3.07. The van der Waals surface area contributed by atoms with E-state index in [2.05, 4.69) is 21.7 Å². The van der Waals surface area contributed by atoms with E-state index < -0.39 is 0 Å². The highest BCUT2D eigenvalue weighted by atomic mass is 35.5. The lowest BCUT2D eigenvalue weighted by Gasteiger charge is -2.12. The number of aliphatic imine (C=N–C) groups is 1. The van der Waals surface area contributed by atoms with Crippen molar-refractivity contribution in [2.24, 2.45) is 12.0 Å². The molecular weight excluding hydrogens is 333 g/mol. The van der Waals surface area contributed by atoms with Crippen molar-refractivity contribution in [2.75, 3.05) is 7.05 Å². The Kier molecular flexibility index (Phi) is 5.91. The molecule has 0 bridgehead atoms. The lowest BCUT2D eigenvalue weighted by atomic mass is 10.1. The fourth-order valence-corrected chi connectivity index (χ4v) is 2.45. The number of hydrogen-bond acceptors (Lipinski definition) is 2. The molecule has 0 aliphatic rings. The Morgan fingerprint density at radius 2 is 1.87 bits per heavy atom. The van der Waals surface area contributed by atoms with Gasteiger partial charge in [-0.2, -0.15) is 5.26 Å². The second-order valence-corrected chi connectivity index (χ2v) is 5.69. The molecule has 7 heteroatoms. The molecule has 2 rings (SSSR count). The van der Waals surface area contributed by atoms with Gasteiger partial charge in [-0.1, -0.05) is 35.3 Å². The number of halogens is 2. The van der Waals surface area contributed by atoms with E-state index in [1.54, 1.807) is 19.2 Å². The van der Waals surface area contributed by atoms with Gasteiger partial charge in [-0.25, -0.2) is 0 Å². The maximum Gasteiger partial charge on any atom is 0.191 e. The Balaban J connectivity index is 1.90. The molecule has 0 unspecified atom stereocenters. The molecule has 5 nitrogen and oxygen atoms in total. The van der Waals surface area contributed by atoms with Gasteiger partial charge in [-0.3, -0.25) is 4.99 Å². The van der Waals surface area contributed by atoms with Crippen LogP contribution in [0.3, 0.4) is 0 Å². The number of aromatic nitrogens is 1. The smallest absolute Gasteiger partial charge is 0.191 e. The third-order valence-corrected chi connectivity index (χ3v) is 4.26. The van der Waals surface area contributed by atoms with Crippen LogP contribution >= 0.6 is 23.2 Å². The zero-order valence-corrected chi connectivity index (χ0v) is 14.4. The van der Waals surface area contributed by atoms with Gasteiger partial charge in [0.25, 0.3) is 0 Å². The van der Waals surface area contributed by atoms with Crippen molar-refractivity contribution in [1.29, 1.82) is 5.26 Å². The minimum Gasteiger partial charge on any atom is -0.352 e. The highest BCUT2D eigenvalue weighted by Gasteiger charge is 2.09. The molecule has 0 aliphatic heterocycles. The van der Waals surface area contributed by atoms with Crippen LogP contribution in [0.25, 0.3) is 0 Å². The zero-order valence-electron chi connectivity index (χ0n) is 12.9. The molecule has 1 aromatic carbocycles. The van der Waals surface area contributed by atoms with Crippen LogP contribution in [0.2, 0.25) is 10.2 Å². The average molecular weight is 350 g/mol. The van der Waals surface area contributed by atoms with E-state index in [1.165, 1.54) is 0 Å². The van der Waals surface area contributed by atoms with Crippen LogP contribution in [0, 0.1) is 11.3 Å². The minimum absolute atomic E-state index is 0.518. The molecule has 0 fully saturated rings. The summed E-state index contributed by atoms with van der Waals surface area (Å²) in [5.74, 6) is 0.669. The lowest BCUT2D eigenvalue weighted by molar-refractivity contribution is 0.750. The van der Waals surface area contributed by atoms with E-state index in [1.807, 2.05) is 29.8 Å². The lowest BCUT2D eigenvalue weighted by Crippen LogP contribution is -2.36. The number of guanidine groups is 1. The monoisotopic (exact) mass is 349 g/mol. The van der Waals surface area contributed by atoms with Crippen LogP contribution < -0.4 is 10.6 Å². The number of nitriles is 1. The normalized spacial score (nSPS) is 11.2. The first-order valence-corrected chi connectivity index (χ1v) is 7.74. The molecule has 2 N–H and O–H groups in total. The van der Waals surface area contributed by atoms with Crippen LogP contribution in [0.4, 0.5) is 0 Å². The van der Waals surface area contributed by atoms with Crippen molar-refractivity contribution in [3.05, 3.63) is 57.3 Å². The van der Waals surface area contributed by atoms with Crippen LogP contribution in [0.1, 0.15) is 16.8 Å². The number of nitrogens with one attached hydrogen (secondary N) is 2. The molecular formula is C16H17Cl2N5. The van der Waals surface area contributed by atoms with Crippen molar-refractivity contribution in [3.8, 4) is 6.07 Å². The molecule has 0 aliphatic carbocycles. The summed E-state index contributed by atoms with van der Waals surface area (Å²) in [6.07, 6.45) is 0. The van der Waals surface area contributed by atoms with Gasteiger partial charge in [0.05, 0.1) is 23.2 Å². The average Bonchev–Trinajstić information content (AvgIpc) is 2.82. The number of hydrogen-bond donors (Lipinski definition) is 2. The molecule has 0 atom stereocenters. The largest absolute Gasteiger partial charge is 0.352 e. The molecule has 120 valence electrons. The molecule has 1 heterocycles. The van der Waals surface area contributed by atoms with Crippen LogP contribution in [0.5, 0.6) is 0 Å². The predicted molar refractivity (Wildman–Crippen MR) is 93.6 cm³/mol. The van der Waals surface area contributed by atoms with Crippen molar-refractivity contribution >= 4 is 29.2 Å². The van der Waals surface area contributed by atoms with E-state index >= 15 is 0 Å². The maximum atomic E-state index is 8.79. The molecule has 0 spiro atoms. The van der Waals surface area contributed by atoms with Crippen LogP contribution in [-0.2, 0) is 20.1 Å². The minimum atomic E-state index is 0.518. The van der Waals surface area contributed by atoms with Gasteiger partial charge >= 0.3 is 0 Å². The quantitative estimate of drug-likeness (QED) is 0.658. The third kappa shape index (κ3) is 4.41. The van der Waals surface area contributed by atoms with Crippen LogP contribution in [0.15, 0.2) is 35.3 Å². The Morgan fingerprint density at radius 3 is 2.39 bits per heavy atom. The molecule has 23 heavy (non-hydrogen) atoms. The fourth-order valence-electron chi connectivity index (χ4n) is 2.04. The second kappa shape index (κ2) is 7.91. The topological polar surface area (TPSA) is 65.1 Å². The van der Waals surface area contributed by atoms with E-state index in [0.29, 0.717) is 34.8 Å². The van der Waals surface area contributed by atoms with Gasteiger partial charge in [0.2, 0.25) is 0 Å². The van der Waals surface area contributed by atoms with Gasteiger partial charge in [0.1, 0.15) is 5.15 Å². The Labute approximate surface area is 145 Å². The SMILES string of the molecule is CN=C(NCc1ccc(C#N)cc1)NCc1cc(Cl)c(Cl)n1C. The highest BCUT2D eigenvalue weighted by Crippen LogP contribution is 2.24. The molecule has 0 saturated heterocycles. The van der Waals surface area contributed by atoms with Crippen molar-refractivity contribution in [1.82, 2.24) is 15.2 Å². The zero-order chi connectivity index (χ0) is 16.8. The first kappa shape index (κ1) is 17.2. The Morgan fingerprint density at radius 1 is 1.22 bits per heavy atom. The van der Waals surface area contributed by atoms with E-state index in [4.69, 9.17) is 28.5 Å². The van der Waals surface area contributed by atoms with Gasteiger partial charge in [-0.15, -0.1) is 0 Å². The summed E-state index contributed by atoms with van der Waals surface area (Å²) in [4.78, 5) is 4.18. The fraction of sp³-hybridized carbons (Fsp3) is 0.250. The first-order chi connectivity index (χ1) is 11.0. The Hall–Kier alpha value is -2.16. The third-order valence-electron chi connectivity index (χ3n) is 3.42. The van der Waals surface area contributed by atoms with E-state index in [-0.39, 0.29) is 0 Å². The summed E-state index contributed by atoms with van der Waals surface area (Å²) in [6.45, 7) is 1.16. The first-order valence-electron chi connectivity index (χ1n) is 6.98. The van der Waals surface area contributed by atoms with Gasteiger partial charge < -0.3 is 15.2 Å². The highest BCUT2D eigenvalue weighted by molar-refractivity contribution is 6.41. The standard InChI is InChI=1S/C16H17Cl2N5/c1-20-16(21-9-12-5-3-11(8-19)4-6-12)22-10-13-7-14(17)15(18)23(13)2/h3-7H,9-10H2,1-2H3,(H2,20,21,22). The summed E-state index contributed by atoms with van der Waals surface area (Å²) >= 11 is 12.0. The van der Waals surface area contributed by atoms with Gasteiger partial charge in [-0.05, 0) is 23.8 Å². The molecule has 2 aromatic rings. The van der Waals surface area contributed by atoms with E-state index in [9.17, 15) is 0 Å². The molecule has 0 saturated carbocycles. The summed E-state index contributed by atoms with van der Waals surface area (Å²) in [6, 6.07) is 11.3. The maximum absolute atomic E-state index is 8.79. The summed E-state index contributed by atoms with van der Waals surface area (Å²) in [5.41, 5.74) is 2.67. The molecule has 1 aromatic heterocycles. The Bertz CT molecular complexity index is 741. The van der Waals surface area contributed by atoms with Gasteiger partial charge in [0.15, 0.2) is 5.96 Å². The van der Waals surface area contributed by atoms with Crippen molar-refractivity contribution in [2.45, 2.75) is 13.1 Å². The van der Waals surface area contributed by atoms with Gasteiger partial charge in [0, 0.05) is 26.3 Å². The van der Waals surface area contributed by atoms with E-state index in [0.717, 1.165) is 11.3 Å². The molecule has 0 radical (unpaired) electrons. The number of rotatable bonds is 4.